The Morgan fingerprint density at radius 1 is 1.56 bits per heavy atom. The molecule has 1 aromatic heterocycles. The fraction of sp³-hybridized carbons (Fsp3) is 0.250. The summed E-state index contributed by atoms with van der Waals surface area (Å²) in [5, 5.41) is 12.2. The van der Waals surface area contributed by atoms with E-state index in [0.717, 1.165) is 21.5 Å². The number of ether oxygens (including phenoxy) is 1. The van der Waals surface area contributed by atoms with Crippen molar-refractivity contribution in [3.63, 3.8) is 0 Å². The molecule has 0 fully saturated rings. The number of halogens is 1. The van der Waals surface area contributed by atoms with Crippen LogP contribution in [0.1, 0.15) is 11.1 Å². The summed E-state index contributed by atoms with van der Waals surface area (Å²) in [4.78, 5) is 4.37. The van der Waals surface area contributed by atoms with Crippen molar-refractivity contribution < 1.29 is 9.84 Å². The number of thiazole rings is 1. The van der Waals surface area contributed by atoms with Gasteiger partial charge in [-0.05, 0) is 34.1 Å². The van der Waals surface area contributed by atoms with Crippen LogP contribution in [0.15, 0.2) is 28.1 Å². The van der Waals surface area contributed by atoms with Crippen molar-refractivity contribution in [1.29, 1.82) is 0 Å². The van der Waals surface area contributed by atoms with Crippen LogP contribution in [0.4, 0.5) is 0 Å². The lowest BCUT2D eigenvalue weighted by molar-refractivity contribution is 0.186. The Labute approximate surface area is 118 Å². The number of aliphatic hydroxyl groups excluding tert-OH is 1. The van der Waals surface area contributed by atoms with Crippen LogP contribution < -0.4 is 10.5 Å². The minimum absolute atomic E-state index is 0.180. The standard InChI is InChI=1S/C12H13BrN2O2S/c1-17-11-3-2-7(4-8(11)13)9-6-18-12(15-9)10(16)5-14/h2-4,6,10,16H,5,14H2,1H3. The Hall–Kier alpha value is -0.950. The lowest BCUT2D eigenvalue weighted by Gasteiger charge is -2.05. The second kappa shape index (κ2) is 5.79. The van der Waals surface area contributed by atoms with Gasteiger partial charge in [-0.2, -0.15) is 0 Å². The van der Waals surface area contributed by atoms with Crippen LogP contribution in [0.2, 0.25) is 0 Å². The number of rotatable bonds is 4. The Morgan fingerprint density at radius 3 is 2.94 bits per heavy atom. The molecule has 18 heavy (non-hydrogen) atoms. The van der Waals surface area contributed by atoms with Gasteiger partial charge in [0.2, 0.25) is 0 Å². The molecule has 1 unspecified atom stereocenters. The molecular weight excluding hydrogens is 316 g/mol. The van der Waals surface area contributed by atoms with Gasteiger partial charge in [0, 0.05) is 17.5 Å². The zero-order valence-corrected chi connectivity index (χ0v) is 12.2. The molecule has 0 bridgehead atoms. The maximum Gasteiger partial charge on any atom is 0.133 e. The molecule has 1 atom stereocenters. The van der Waals surface area contributed by atoms with E-state index in [1.54, 1.807) is 7.11 Å². The fourth-order valence-corrected chi connectivity index (χ4v) is 2.87. The minimum Gasteiger partial charge on any atom is -0.496 e. The molecule has 0 aliphatic rings. The largest absolute Gasteiger partial charge is 0.496 e. The second-order valence-corrected chi connectivity index (χ2v) is 5.42. The van der Waals surface area contributed by atoms with Crippen LogP contribution in [-0.2, 0) is 0 Å². The van der Waals surface area contributed by atoms with Gasteiger partial charge in [-0.3, -0.25) is 0 Å². The molecule has 1 aromatic carbocycles. The molecule has 0 spiro atoms. The molecule has 0 radical (unpaired) electrons. The summed E-state index contributed by atoms with van der Waals surface area (Å²) in [6, 6.07) is 5.74. The summed E-state index contributed by atoms with van der Waals surface area (Å²) in [6.45, 7) is 0.180. The number of aromatic nitrogens is 1. The van der Waals surface area contributed by atoms with E-state index < -0.39 is 6.10 Å². The molecule has 2 aromatic rings. The van der Waals surface area contributed by atoms with Crippen molar-refractivity contribution in [3.8, 4) is 17.0 Å². The SMILES string of the molecule is COc1ccc(-c2csc(C(O)CN)n2)cc1Br. The van der Waals surface area contributed by atoms with Gasteiger partial charge < -0.3 is 15.6 Å². The smallest absolute Gasteiger partial charge is 0.133 e. The van der Waals surface area contributed by atoms with Gasteiger partial charge in [0.1, 0.15) is 16.9 Å². The molecule has 2 rings (SSSR count). The van der Waals surface area contributed by atoms with Gasteiger partial charge in [0.05, 0.1) is 17.3 Å². The van der Waals surface area contributed by atoms with E-state index in [4.69, 9.17) is 10.5 Å². The number of hydrogen-bond donors (Lipinski definition) is 2. The highest BCUT2D eigenvalue weighted by Gasteiger charge is 2.12. The van der Waals surface area contributed by atoms with E-state index >= 15 is 0 Å². The monoisotopic (exact) mass is 328 g/mol. The van der Waals surface area contributed by atoms with E-state index in [2.05, 4.69) is 20.9 Å². The first-order chi connectivity index (χ1) is 8.65. The van der Waals surface area contributed by atoms with Crippen molar-refractivity contribution in [2.45, 2.75) is 6.10 Å². The third-order valence-electron chi connectivity index (χ3n) is 2.48. The second-order valence-electron chi connectivity index (χ2n) is 3.67. The maximum atomic E-state index is 9.62. The zero-order valence-electron chi connectivity index (χ0n) is 9.76. The summed E-state index contributed by atoms with van der Waals surface area (Å²) in [7, 11) is 1.62. The van der Waals surface area contributed by atoms with Crippen LogP contribution >= 0.6 is 27.3 Å². The summed E-state index contributed by atoms with van der Waals surface area (Å²) in [6.07, 6.45) is -0.689. The minimum atomic E-state index is -0.689. The van der Waals surface area contributed by atoms with Gasteiger partial charge in [0.15, 0.2) is 0 Å². The summed E-state index contributed by atoms with van der Waals surface area (Å²) >= 11 is 4.84. The number of hydrogen-bond acceptors (Lipinski definition) is 5. The molecule has 0 saturated heterocycles. The fourth-order valence-electron chi connectivity index (χ4n) is 1.50. The number of aliphatic hydroxyl groups is 1. The molecule has 6 heteroatoms. The van der Waals surface area contributed by atoms with Crippen LogP contribution in [0.5, 0.6) is 5.75 Å². The quantitative estimate of drug-likeness (QED) is 0.905. The molecule has 0 aliphatic heterocycles. The van der Waals surface area contributed by atoms with Gasteiger partial charge in [-0.25, -0.2) is 4.98 Å². The van der Waals surface area contributed by atoms with Gasteiger partial charge in [-0.1, -0.05) is 0 Å². The molecule has 96 valence electrons. The average Bonchev–Trinajstić information content (AvgIpc) is 2.87. The summed E-state index contributed by atoms with van der Waals surface area (Å²) < 4.78 is 6.05. The number of benzene rings is 1. The summed E-state index contributed by atoms with van der Waals surface area (Å²) in [5.41, 5.74) is 7.20. The highest BCUT2D eigenvalue weighted by molar-refractivity contribution is 9.10. The predicted octanol–water partition coefficient (Wildman–Crippen LogP) is 2.57. The number of nitrogens with zero attached hydrogens (tertiary/aromatic N) is 1. The molecule has 0 amide bonds. The van der Waals surface area contributed by atoms with E-state index in [-0.39, 0.29) is 6.54 Å². The molecule has 3 N–H and O–H groups in total. The Kier molecular flexibility index (Phi) is 4.34. The zero-order chi connectivity index (χ0) is 13.1. The molecule has 1 heterocycles. The molecule has 0 saturated carbocycles. The number of methoxy groups -OCH3 is 1. The highest BCUT2D eigenvalue weighted by atomic mass is 79.9. The van der Waals surface area contributed by atoms with Crippen molar-refractivity contribution in [2.75, 3.05) is 13.7 Å². The normalized spacial score (nSPS) is 12.4. The van der Waals surface area contributed by atoms with Crippen LogP contribution in [-0.4, -0.2) is 23.7 Å². The van der Waals surface area contributed by atoms with Crippen molar-refractivity contribution in [3.05, 3.63) is 33.1 Å². The third kappa shape index (κ3) is 2.72. The number of nitrogens with two attached hydrogens (primary N) is 1. The Morgan fingerprint density at radius 2 is 2.33 bits per heavy atom. The van der Waals surface area contributed by atoms with Crippen molar-refractivity contribution >= 4 is 27.3 Å². The summed E-state index contributed by atoms with van der Waals surface area (Å²) in [5.74, 6) is 0.774. The van der Waals surface area contributed by atoms with Gasteiger partial charge in [0.25, 0.3) is 0 Å². The average molecular weight is 329 g/mol. The first kappa shape index (κ1) is 13.5. The van der Waals surface area contributed by atoms with E-state index in [1.165, 1.54) is 11.3 Å². The van der Waals surface area contributed by atoms with Crippen LogP contribution in [0, 0.1) is 0 Å². The third-order valence-corrected chi connectivity index (χ3v) is 4.04. The van der Waals surface area contributed by atoms with E-state index in [9.17, 15) is 5.11 Å². The lowest BCUT2D eigenvalue weighted by atomic mass is 10.2. The Bertz CT molecular complexity index is 545. The van der Waals surface area contributed by atoms with Gasteiger partial charge >= 0.3 is 0 Å². The molecular formula is C12H13BrN2O2S. The molecule has 4 nitrogen and oxygen atoms in total. The highest BCUT2D eigenvalue weighted by Crippen LogP contribution is 2.31. The van der Waals surface area contributed by atoms with Crippen LogP contribution in [0.25, 0.3) is 11.3 Å². The predicted molar refractivity (Wildman–Crippen MR) is 75.8 cm³/mol. The van der Waals surface area contributed by atoms with E-state index in [1.807, 2.05) is 23.6 Å². The molecule has 0 aliphatic carbocycles. The first-order valence-corrected chi connectivity index (χ1v) is 7.00. The Balaban J connectivity index is 2.31. The van der Waals surface area contributed by atoms with E-state index in [0.29, 0.717) is 5.01 Å². The first-order valence-electron chi connectivity index (χ1n) is 5.33. The van der Waals surface area contributed by atoms with Crippen molar-refractivity contribution in [1.82, 2.24) is 4.98 Å². The van der Waals surface area contributed by atoms with Crippen molar-refractivity contribution in [2.24, 2.45) is 5.73 Å². The van der Waals surface area contributed by atoms with Gasteiger partial charge in [-0.15, -0.1) is 11.3 Å². The lowest BCUT2D eigenvalue weighted by Crippen LogP contribution is -2.11. The topological polar surface area (TPSA) is 68.4 Å². The maximum absolute atomic E-state index is 9.62. The van der Waals surface area contributed by atoms with Crippen LogP contribution in [0.3, 0.4) is 0 Å².